The summed E-state index contributed by atoms with van der Waals surface area (Å²) in [5.74, 6) is 0. The summed E-state index contributed by atoms with van der Waals surface area (Å²) in [6.45, 7) is 6.36. The molecule has 0 aromatic heterocycles. The van der Waals surface area contributed by atoms with Gasteiger partial charge in [0.2, 0.25) is 0 Å². The maximum absolute atomic E-state index is 10.6. The van der Waals surface area contributed by atoms with Gasteiger partial charge in [0.15, 0.2) is 0 Å². The van der Waals surface area contributed by atoms with E-state index in [1.165, 1.54) is 5.19 Å². The lowest BCUT2D eigenvalue weighted by atomic mass is 10.4. The zero-order chi connectivity index (χ0) is 10.6. The molecule has 0 bridgehead atoms. The van der Waals surface area contributed by atoms with Gasteiger partial charge in [-0.05, 0) is 12.5 Å². The standard InChI is InChI=1S/C12H16OSi/c1-11(9-13)10-14(2,3)12-7-5-4-6-8-12/h4-10H,1-3H3/b11-10-. The van der Waals surface area contributed by atoms with Crippen LogP contribution in [0.5, 0.6) is 0 Å². The smallest absolute Gasteiger partial charge is 0.145 e. The molecule has 14 heavy (non-hydrogen) atoms. The minimum atomic E-state index is -1.56. The fourth-order valence-corrected chi connectivity index (χ4v) is 3.98. The quantitative estimate of drug-likeness (QED) is 0.419. The highest BCUT2D eigenvalue weighted by Crippen LogP contribution is 2.07. The van der Waals surface area contributed by atoms with Crippen LogP contribution in [0.25, 0.3) is 0 Å². The van der Waals surface area contributed by atoms with Crippen LogP contribution < -0.4 is 5.19 Å². The number of aldehydes is 1. The highest BCUT2D eigenvalue weighted by molar-refractivity contribution is 6.94. The number of carbonyl (C=O) groups excluding carboxylic acids is 1. The lowest BCUT2D eigenvalue weighted by Gasteiger charge is -2.18. The zero-order valence-corrected chi connectivity index (χ0v) is 9.95. The van der Waals surface area contributed by atoms with Crippen LogP contribution >= 0.6 is 0 Å². The molecule has 0 aliphatic carbocycles. The summed E-state index contributed by atoms with van der Waals surface area (Å²) in [5.41, 5.74) is 2.97. The Morgan fingerprint density at radius 1 is 1.21 bits per heavy atom. The highest BCUT2D eigenvalue weighted by Gasteiger charge is 2.19. The van der Waals surface area contributed by atoms with E-state index in [0.29, 0.717) is 0 Å². The molecule has 0 aliphatic rings. The lowest BCUT2D eigenvalue weighted by molar-refractivity contribution is -0.104. The van der Waals surface area contributed by atoms with Gasteiger partial charge in [0, 0.05) is 0 Å². The van der Waals surface area contributed by atoms with Crippen molar-refractivity contribution < 1.29 is 4.79 Å². The van der Waals surface area contributed by atoms with Gasteiger partial charge in [-0.15, -0.1) is 0 Å². The van der Waals surface area contributed by atoms with Crippen LogP contribution in [0.1, 0.15) is 6.92 Å². The Morgan fingerprint density at radius 3 is 2.29 bits per heavy atom. The zero-order valence-electron chi connectivity index (χ0n) is 8.95. The maximum Gasteiger partial charge on any atom is 0.145 e. The molecule has 1 nitrogen and oxygen atoms in total. The van der Waals surface area contributed by atoms with E-state index in [-0.39, 0.29) is 0 Å². The van der Waals surface area contributed by atoms with E-state index in [0.717, 1.165) is 11.9 Å². The molecule has 0 saturated carbocycles. The summed E-state index contributed by atoms with van der Waals surface area (Å²) in [6.07, 6.45) is 0.928. The van der Waals surface area contributed by atoms with Gasteiger partial charge in [0.05, 0.1) is 0 Å². The molecule has 0 N–H and O–H groups in total. The van der Waals surface area contributed by atoms with Gasteiger partial charge in [-0.3, -0.25) is 4.79 Å². The van der Waals surface area contributed by atoms with E-state index in [2.05, 4.69) is 30.9 Å². The Labute approximate surface area is 86.5 Å². The van der Waals surface area contributed by atoms with Crippen LogP contribution in [0, 0.1) is 0 Å². The predicted octanol–water partition coefficient (Wildman–Crippen LogP) is 2.29. The molecule has 0 fully saturated rings. The molecular formula is C12H16OSi. The van der Waals surface area contributed by atoms with E-state index >= 15 is 0 Å². The van der Waals surface area contributed by atoms with E-state index < -0.39 is 8.07 Å². The molecule has 0 aliphatic heterocycles. The number of benzene rings is 1. The number of hydrogen-bond donors (Lipinski definition) is 0. The molecular weight excluding hydrogens is 188 g/mol. The van der Waals surface area contributed by atoms with E-state index in [1.54, 1.807) is 0 Å². The Hall–Kier alpha value is -1.15. The van der Waals surface area contributed by atoms with Gasteiger partial charge < -0.3 is 0 Å². The molecule has 0 radical (unpaired) electrons. The third-order valence-corrected chi connectivity index (χ3v) is 5.29. The Morgan fingerprint density at radius 2 is 1.79 bits per heavy atom. The third-order valence-electron chi connectivity index (χ3n) is 2.29. The number of allylic oxidation sites excluding steroid dienone is 1. The van der Waals surface area contributed by atoms with Gasteiger partial charge >= 0.3 is 0 Å². The van der Waals surface area contributed by atoms with Crippen molar-refractivity contribution >= 4 is 19.5 Å². The molecule has 0 saturated heterocycles. The van der Waals surface area contributed by atoms with Gasteiger partial charge in [-0.1, -0.05) is 54.3 Å². The Balaban J connectivity index is 3.02. The van der Waals surface area contributed by atoms with Gasteiger partial charge in [0.1, 0.15) is 14.4 Å². The van der Waals surface area contributed by atoms with Crippen LogP contribution in [0.4, 0.5) is 0 Å². The third kappa shape index (κ3) is 2.67. The predicted molar refractivity (Wildman–Crippen MR) is 63.4 cm³/mol. The summed E-state index contributed by atoms with van der Waals surface area (Å²) in [6, 6.07) is 10.4. The molecule has 0 unspecified atom stereocenters. The fourth-order valence-electron chi connectivity index (χ4n) is 1.55. The monoisotopic (exact) mass is 204 g/mol. The Bertz CT molecular complexity index is 339. The van der Waals surface area contributed by atoms with E-state index in [9.17, 15) is 4.79 Å². The van der Waals surface area contributed by atoms with Crippen LogP contribution in [-0.2, 0) is 4.79 Å². The Kier molecular flexibility index (Phi) is 3.41. The molecule has 0 amide bonds. The molecule has 0 atom stereocenters. The second kappa shape index (κ2) is 4.38. The van der Waals surface area contributed by atoms with Crippen molar-refractivity contribution in [1.82, 2.24) is 0 Å². The minimum Gasteiger partial charge on any atom is -0.298 e. The van der Waals surface area contributed by atoms with Gasteiger partial charge in [-0.25, -0.2) is 0 Å². The summed E-state index contributed by atoms with van der Waals surface area (Å²) >= 11 is 0. The summed E-state index contributed by atoms with van der Waals surface area (Å²) in [5, 5.41) is 1.36. The topological polar surface area (TPSA) is 17.1 Å². The van der Waals surface area contributed by atoms with Crippen molar-refractivity contribution in [3.05, 3.63) is 41.6 Å². The molecule has 1 aromatic carbocycles. The SMILES string of the molecule is C/C(C=O)=C/[Si](C)(C)c1ccccc1. The van der Waals surface area contributed by atoms with Crippen molar-refractivity contribution in [3.8, 4) is 0 Å². The molecule has 2 heteroatoms. The normalized spacial score (nSPS) is 12.6. The van der Waals surface area contributed by atoms with Crippen LogP contribution in [-0.4, -0.2) is 14.4 Å². The molecule has 1 rings (SSSR count). The van der Waals surface area contributed by atoms with Crippen molar-refractivity contribution in [3.63, 3.8) is 0 Å². The van der Waals surface area contributed by atoms with E-state index in [1.807, 2.05) is 25.1 Å². The highest BCUT2D eigenvalue weighted by atomic mass is 28.3. The minimum absolute atomic E-state index is 0.838. The average Bonchev–Trinajstić information content (AvgIpc) is 2.18. The second-order valence-corrected chi connectivity index (χ2v) is 8.40. The fraction of sp³-hybridized carbons (Fsp3) is 0.250. The van der Waals surface area contributed by atoms with Crippen molar-refractivity contribution in [2.75, 3.05) is 0 Å². The average molecular weight is 204 g/mol. The summed E-state index contributed by atoms with van der Waals surface area (Å²) in [7, 11) is -1.56. The first-order valence-corrected chi connectivity index (χ1v) is 7.84. The maximum atomic E-state index is 10.6. The first-order chi connectivity index (χ1) is 6.56. The molecule has 1 aromatic rings. The van der Waals surface area contributed by atoms with Crippen molar-refractivity contribution in [2.45, 2.75) is 20.0 Å². The van der Waals surface area contributed by atoms with Gasteiger partial charge in [0.25, 0.3) is 0 Å². The molecule has 0 spiro atoms. The second-order valence-electron chi connectivity index (χ2n) is 4.09. The first-order valence-electron chi connectivity index (χ1n) is 4.76. The van der Waals surface area contributed by atoms with Crippen LogP contribution in [0.15, 0.2) is 41.6 Å². The molecule has 74 valence electrons. The number of carbonyl (C=O) groups is 1. The van der Waals surface area contributed by atoms with Crippen molar-refractivity contribution in [2.24, 2.45) is 0 Å². The number of hydrogen-bond acceptors (Lipinski definition) is 1. The van der Waals surface area contributed by atoms with Gasteiger partial charge in [-0.2, -0.15) is 0 Å². The molecule has 0 heterocycles. The van der Waals surface area contributed by atoms with Crippen LogP contribution in [0.2, 0.25) is 13.1 Å². The lowest BCUT2D eigenvalue weighted by Crippen LogP contribution is -2.39. The van der Waals surface area contributed by atoms with Crippen molar-refractivity contribution in [1.29, 1.82) is 0 Å². The largest absolute Gasteiger partial charge is 0.298 e. The summed E-state index contributed by atoms with van der Waals surface area (Å²) < 4.78 is 0. The first kappa shape index (κ1) is 10.9. The summed E-state index contributed by atoms with van der Waals surface area (Å²) in [4.78, 5) is 10.6. The van der Waals surface area contributed by atoms with Crippen LogP contribution in [0.3, 0.4) is 0 Å². The van der Waals surface area contributed by atoms with E-state index in [4.69, 9.17) is 0 Å². The number of rotatable bonds is 3.